The van der Waals surface area contributed by atoms with Gasteiger partial charge in [0.05, 0.1) is 23.1 Å². The molecule has 0 amide bonds. The Morgan fingerprint density at radius 1 is 1.50 bits per heavy atom. The summed E-state index contributed by atoms with van der Waals surface area (Å²) in [6.07, 6.45) is 1.59. The second-order valence-electron chi connectivity index (χ2n) is 3.96. The van der Waals surface area contributed by atoms with Crippen LogP contribution in [-0.2, 0) is 6.42 Å². The zero-order valence-electron chi connectivity index (χ0n) is 10.2. The van der Waals surface area contributed by atoms with E-state index in [-0.39, 0.29) is 0 Å². The van der Waals surface area contributed by atoms with Crippen LogP contribution in [0.4, 0.5) is 0 Å². The van der Waals surface area contributed by atoms with Crippen LogP contribution in [0.25, 0.3) is 0 Å². The number of benzene rings is 1. The number of aryl methyl sites for hydroxylation is 1. The zero-order valence-corrected chi connectivity index (χ0v) is 11.8. The Balaban J connectivity index is 2.20. The van der Waals surface area contributed by atoms with Gasteiger partial charge in [0.15, 0.2) is 0 Å². The summed E-state index contributed by atoms with van der Waals surface area (Å²) in [5, 5.41) is 11.8. The summed E-state index contributed by atoms with van der Waals surface area (Å²) in [7, 11) is 1.61. The summed E-state index contributed by atoms with van der Waals surface area (Å²) in [5.41, 5.74) is 0.892. The number of methoxy groups -OCH3 is 1. The fourth-order valence-electron chi connectivity index (χ4n) is 1.75. The Morgan fingerprint density at radius 2 is 2.28 bits per heavy atom. The van der Waals surface area contributed by atoms with E-state index in [9.17, 15) is 5.11 Å². The van der Waals surface area contributed by atoms with Gasteiger partial charge in [-0.2, -0.15) is 0 Å². The van der Waals surface area contributed by atoms with Crippen molar-refractivity contribution in [1.82, 2.24) is 4.98 Å². The number of hydrogen-bond acceptors (Lipinski definition) is 4. The Hall–Kier alpha value is -1.10. The molecule has 0 fully saturated rings. The van der Waals surface area contributed by atoms with Crippen LogP contribution >= 0.6 is 22.9 Å². The first-order valence-electron chi connectivity index (χ1n) is 5.53. The van der Waals surface area contributed by atoms with E-state index in [0.717, 1.165) is 21.2 Å². The van der Waals surface area contributed by atoms with Crippen LogP contribution in [-0.4, -0.2) is 17.2 Å². The van der Waals surface area contributed by atoms with Crippen molar-refractivity contribution in [2.45, 2.75) is 19.4 Å². The van der Waals surface area contributed by atoms with Gasteiger partial charge in [0, 0.05) is 17.6 Å². The Kier molecular flexibility index (Phi) is 4.22. The van der Waals surface area contributed by atoms with Gasteiger partial charge in [0.2, 0.25) is 0 Å². The quantitative estimate of drug-likeness (QED) is 0.935. The lowest BCUT2D eigenvalue weighted by Crippen LogP contribution is -2.01. The van der Waals surface area contributed by atoms with Crippen molar-refractivity contribution < 1.29 is 9.84 Å². The molecule has 5 heteroatoms. The number of aromatic nitrogens is 1. The standard InChI is InChI=1S/C13H14ClNO2S/c1-8-15-7-13(18-8)11(16)6-9-5-10(14)3-4-12(9)17-2/h3-5,7,11,16H,6H2,1-2H3. The molecule has 96 valence electrons. The molecule has 1 unspecified atom stereocenters. The molecule has 18 heavy (non-hydrogen) atoms. The minimum atomic E-state index is -0.580. The molecule has 2 rings (SSSR count). The third-order valence-corrected chi connectivity index (χ3v) is 3.87. The van der Waals surface area contributed by atoms with Crippen LogP contribution < -0.4 is 4.74 Å². The topological polar surface area (TPSA) is 42.4 Å². The summed E-state index contributed by atoms with van der Waals surface area (Å²) in [5.74, 6) is 0.736. The SMILES string of the molecule is COc1ccc(Cl)cc1CC(O)c1cnc(C)s1. The molecule has 0 spiro atoms. The second kappa shape index (κ2) is 5.69. The summed E-state index contributed by atoms with van der Waals surface area (Å²) >= 11 is 7.46. The molecule has 2 aromatic rings. The third-order valence-electron chi connectivity index (χ3n) is 2.62. The first kappa shape index (κ1) is 13.3. The van der Waals surface area contributed by atoms with Crippen LogP contribution in [0.5, 0.6) is 5.75 Å². The van der Waals surface area contributed by atoms with E-state index in [0.29, 0.717) is 11.4 Å². The normalized spacial score (nSPS) is 12.4. The summed E-state index contributed by atoms with van der Waals surface area (Å²) in [6, 6.07) is 5.40. The van der Waals surface area contributed by atoms with Crippen molar-refractivity contribution in [1.29, 1.82) is 0 Å². The average Bonchev–Trinajstić information content (AvgIpc) is 2.76. The summed E-state index contributed by atoms with van der Waals surface area (Å²) in [4.78, 5) is 5.00. The van der Waals surface area contributed by atoms with Gasteiger partial charge < -0.3 is 9.84 Å². The summed E-state index contributed by atoms with van der Waals surface area (Å²) in [6.45, 7) is 1.92. The molecule has 1 atom stereocenters. The van der Waals surface area contributed by atoms with E-state index < -0.39 is 6.10 Å². The van der Waals surface area contributed by atoms with E-state index >= 15 is 0 Å². The smallest absolute Gasteiger partial charge is 0.122 e. The van der Waals surface area contributed by atoms with Crippen LogP contribution in [0.2, 0.25) is 5.02 Å². The van der Waals surface area contributed by atoms with Gasteiger partial charge >= 0.3 is 0 Å². The fraction of sp³-hybridized carbons (Fsp3) is 0.308. The molecule has 1 aromatic carbocycles. The van der Waals surface area contributed by atoms with Gasteiger partial charge in [0.25, 0.3) is 0 Å². The highest BCUT2D eigenvalue weighted by Gasteiger charge is 2.14. The molecule has 1 heterocycles. The van der Waals surface area contributed by atoms with Gasteiger partial charge in [-0.1, -0.05) is 11.6 Å². The van der Waals surface area contributed by atoms with E-state index in [4.69, 9.17) is 16.3 Å². The minimum Gasteiger partial charge on any atom is -0.496 e. The van der Waals surface area contributed by atoms with Crippen molar-refractivity contribution >= 4 is 22.9 Å². The predicted octanol–water partition coefficient (Wildman–Crippen LogP) is 3.39. The lowest BCUT2D eigenvalue weighted by Gasteiger charge is -2.12. The first-order chi connectivity index (χ1) is 8.60. The maximum atomic E-state index is 10.2. The molecule has 3 nitrogen and oxygen atoms in total. The van der Waals surface area contributed by atoms with E-state index in [1.54, 1.807) is 19.4 Å². The lowest BCUT2D eigenvalue weighted by atomic mass is 10.1. The zero-order chi connectivity index (χ0) is 13.1. The highest BCUT2D eigenvalue weighted by Crippen LogP contribution is 2.29. The maximum absolute atomic E-state index is 10.2. The van der Waals surface area contributed by atoms with Crippen molar-refractivity contribution in [3.8, 4) is 5.75 Å². The molecule has 0 bridgehead atoms. The Bertz CT molecular complexity index is 542. The number of nitrogens with zero attached hydrogens (tertiary/aromatic N) is 1. The largest absolute Gasteiger partial charge is 0.496 e. The molecule has 0 aliphatic carbocycles. The van der Waals surface area contributed by atoms with Crippen LogP contribution in [0, 0.1) is 6.92 Å². The maximum Gasteiger partial charge on any atom is 0.122 e. The third kappa shape index (κ3) is 3.02. The van der Waals surface area contributed by atoms with Crippen LogP contribution in [0.1, 0.15) is 21.6 Å². The van der Waals surface area contributed by atoms with Crippen LogP contribution in [0.15, 0.2) is 24.4 Å². The lowest BCUT2D eigenvalue weighted by molar-refractivity contribution is 0.181. The monoisotopic (exact) mass is 283 g/mol. The Morgan fingerprint density at radius 3 is 2.89 bits per heavy atom. The molecule has 0 aliphatic heterocycles. The fourth-order valence-corrected chi connectivity index (χ4v) is 2.71. The van der Waals surface area contributed by atoms with E-state index in [2.05, 4.69) is 4.98 Å². The second-order valence-corrected chi connectivity index (χ2v) is 5.66. The molecular weight excluding hydrogens is 270 g/mol. The van der Waals surface area contributed by atoms with Crippen molar-refractivity contribution in [3.05, 3.63) is 44.9 Å². The summed E-state index contributed by atoms with van der Waals surface area (Å²) < 4.78 is 5.26. The van der Waals surface area contributed by atoms with Crippen molar-refractivity contribution in [2.75, 3.05) is 7.11 Å². The van der Waals surface area contributed by atoms with Gasteiger partial charge in [-0.25, -0.2) is 4.98 Å². The van der Waals surface area contributed by atoms with Crippen molar-refractivity contribution in [2.24, 2.45) is 0 Å². The Labute approximate surface area is 115 Å². The highest BCUT2D eigenvalue weighted by atomic mass is 35.5. The number of aliphatic hydroxyl groups excluding tert-OH is 1. The van der Waals surface area contributed by atoms with E-state index in [1.165, 1.54) is 11.3 Å². The molecule has 0 saturated heterocycles. The molecular formula is C13H14ClNO2S. The average molecular weight is 284 g/mol. The van der Waals surface area contributed by atoms with Crippen molar-refractivity contribution in [3.63, 3.8) is 0 Å². The number of thiazole rings is 1. The first-order valence-corrected chi connectivity index (χ1v) is 6.72. The van der Waals surface area contributed by atoms with Gasteiger partial charge in [-0.3, -0.25) is 0 Å². The van der Waals surface area contributed by atoms with Gasteiger partial charge in [0.1, 0.15) is 5.75 Å². The van der Waals surface area contributed by atoms with Crippen LogP contribution in [0.3, 0.4) is 0 Å². The molecule has 0 saturated carbocycles. The molecule has 1 N–H and O–H groups in total. The predicted molar refractivity (Wildman–Crippen MR) is 73.5 cm³/mol. The number of hydrogen-bond donors (Lipinski definition) is 1. The molecule has 1 aromatic heterocycles. The number of halogens is 1. The highest BCUT2D eigenvalue weighted by molar-refractivity contribution is 7.11. The number of ether oxygens (including phenoxy) is 1. The minimum absolute atomic E-state index is 0.464. The molecule has 0 radical (unpaired) electrons. The molecule has 0 aliphatic rings. The number of aliphatic hydroxyl groups is 1. The van der Waals surface area contributed by atoms with Gasteiger partial charge in [-0.15, -0.1) is 11.3 Å². The number of rotatable bonds is 4. The van der Waals surface area contributed by atoms with Gasteiger partial charge in [-0.05, 0) is 30.7 Å². The van der Waals surface area contributed by atoms with E-state index in [1.807, 2.05) is 19.1 Å².